The molecule has 0 saturated heterocycles. The van der Waals surface area contributed by atoms with Crippen LogP contribution in [-0.4, -0.2) is 40.3 Å². The van der Waals surface area contributed by atoms with Crippen LogP contribution in [0.25, 0.3) is 0 Å². The van der Waals surface area contributed by atoms with Crippen molar-refractivity contribution in [2.75, 3.05) is 24.3 Å². The van der Waals surface area contributed by atoms with Crippen LogP contribution in [0.4, 0.5) is 5.69 Å². The van der Waals surface area contributed by atoms with Gasteiger partial charge in [-0.05, 0) is 61.7 Å². The molecule has 0 aromatic heterocycles. The number of hydrogen-bond donors (Lipinski definition) is 1. The lowest BCUT2D eigenvalue weighted by molar-refractivity contribution is -0.123. The van der Waals surface area contributed by atoms with Crippen molar-refractivity contribution in [2.45, 2.75) is 45.7 Å². The highest BCUT2D eigenvalue weighted by Gasteiger charge is 2.32. The van der Waals surface area contributed by atoms with Crippen molar-refractivity contribution in [3.8, 4) is 11.5 Å². The first-order valence-electron chi connectivity index (χ1n) is 10.4. The molecular formula is C23H32N2O5S. The number of carbonyl (C=O) groups is 1. The number of nitrogens with zero attached hydrogens (tertiary/aromatic N) is 1. The van der Waals surface area contributed by atoms with Crippen LogP contribution >= 0.6 is 0 Å². The second-order valence-electron chi connectivity index (χ2n) is 7.15. The number of sulfonamides is 1. The van der Waals surface area contributed by atoms with Gasteiger partial charge in [-0.1, -0.05) is 26.0 Å². The molecule has 0 aliphatic carbocycles. The third-order valence-electron chi connectivity index (χ3n) is 4.97. The zero-order chi connectivity index (χ0) is 23.0. The maximum atomic E-state index is 13.2. The number of amides is 1. The van der Waals surface area contributed by atoms with E-state index in [0.717, 1.165) is 17.6 Å². The number of rotatable bonds is 11. The smallest absolute Gasteiger partial charge is 0.244 e. The molecule has 170 valence electrons. The molecule has 0 bridgehead atoms. The van der Waals surface area contributed by atoms with E-state index in [1.165, 1.54) is 4.31 Å². The first-order valence-corrected chi connectivity index (χ1v) is 12.3. The lowest BCUT2D eigenvalue weighted by Crippen LogP contribution is -2.50. The fourth-order valence-electron chi connectivity index (χ4n) is 3.44. The first kappa shape index (κ1) is 24.5. The third-order valence-corrected chi connectivity index (χ3v) is 6.15. The van der Waals surface area contributed by atoms with Crippen LogP contribution in [0.15, 0.2) is 48.5 Å². The van der Waals surface area contributed by atoms with E-state index in [-0.39, 0.29) is 11.9 Å². The second kappa shape index (κ2) is 11.0. The van der Waals surface area contributed by atoms with Crippen LogP contribution in [0.3, 0.4) is 0 Å². The summed E-state index contributed by atoms with van der Waals surface area (Å²) in [6, 6.07) is 13.1. The lowest BCUT2D eigenvalue weighted by atomic mass is 10.0. The minimum absolute atomic E-state index is 0.241. The first-order chi connectivity index (χ1) is 14.7. The van der Waals surface area contributed by atoms with Gasteiger partial charge in [0.05, 0.1) is 31.7 Å². The number of benzene rings is 2. The summed E-state index contributed by atoms with van der Waals surface area (Å²) in [4.78, 5) is 13.2. The van der Waals surface area contributed by atoms with Crippen LogP contribution in [0, 0.1) is 0 Å². The Morgan fingerprint density at radius 2 is 1.55 bits per heavy atom. The molecule has 2 aromatic carbocycles. The number of ether oxygens (including phenoxy) is 2. The zero-order valence-corrected chi connectivity index (χ0v) is 19.6. The Kier molecular flexibility index (Phi) is 8.74. The van der Waals surface area contributed by atoms with E-state index in [1.54, 1.807) is 38.3 Å². The number of carbonyl (C=O) groups excluding carboxylic acids is 1. The molecule has 7 nitrogen and oxygen atoms in total. The number of nitrogens with one attached hydrogen (secondary N) is 1. The Bertz CT molecular complexity index is 943. The van der Waals surface area contributed by atoms with Crippen molar-refractivity contribution in [1.29, 1.82) is 0 Å². The summed E-state index contributed by atoms with van der Waals surface area (Å²) >= 11 is 0. The zero-order valence-electron chi connectivity index (χ0n) is 18.8. The van der Waals surface area contributed by atoms with Crippen molar-refractivity contribution in [3.05, 3.63) is 54.1 Å². The van der Waals surface area contributed by atoms with Gasteiger partial charge in [-0.15, -0.1) is 0 Å². The van der Waals surface area contributed by atoms with E-state index >= 15 is 0 Å². The van der Waals surface area contributed by atoms with Crippen LogP contribution in [0.2, 0.25) is 0 Å². The van der Waals surface area contributed by atoms with E-state index in [9.17, 15) is 13.2 Å². The highest BCUT2D eigenvalue weighted by atomic mass is 32.2. The van der Waals surface area contributed by atoms with Gasteiger partial charge in [-0.2, -0.15) is 0 Å². The fourth-order valence-corrected chi connectivity index (χ4v) is 4.65. The Labute approximate surface area is 185 Å². The molecule has 0 radical (unpaired) electrons. The molecule has 2 rings (SSSR count). The van der Waals surface area contributed by atoms with E-state index in [0.29, 0.717) is 30.9 Å². The highest BCUT2D eigenvalue weighted by Crippen LogP contribution is 2.26. The SMILES string of the molecule is CCOc1ccc(N([C@@H](CC)C(=O)N[C@H](CC)c2ccc(OC)cc2)S(C)(=O)=O)cc1. The Morgan fingerprint density at radius 1 is 0.968 bits per heavy atom. The van der Waals surface area contributed by atoms with Gasteiger partial charge in [0.15, 0.2) is 0 Å². The molecular weight excluding hydrogens is 416 g/mol. The molecule has 31 heavy (non-hydrogen) atoms. The molecule has 1 amide bonds. The average Bonchev–Trinajstić information content (AvgIpc) is 2.75. The van der Waals surface area contributed by atoms with Gasteiger partial charge in [0.25, 0.3) is 0 Å². The summed E-state index contributed by atoms with van der Waals surface area (Å²) < 4.78 is 37.1. The number of anilines is 1. The molecule has 2 atom stereocenters. The van der Waals surface area contributed by atoms with E-state index in [4.69, 9.17) is 9.47 Å². The standard InChI is InChI=1S/C23H32N2O5S/c1-6-21(17-9-13-19(29-4)14-10-17)24-23(26)22(7-2)25(31(5,27)28)18-11-15-20(16-12-18)30-8-3/h9-16,21-22H,6-8H2,1-5H3,(H,24,26)/t21-,22+/m1/s1. The summed E-state index contributed by atoms with van der Waals surface area (Å²) in [7, 11) is -2.10. The third kappa shape index (κ3) is 6.37. The molecule has 0 aliphatic rings. The Hall–Kier alpha value is -2.74. The molecule has 0 aliphatic heterocycles. The van der Waals surface area contributed by atoms with Crippen LogP contribution in [0.1, 0.15) is 45.2 Å². The van der Waals surface area contributed by atoms with Gasteiger partial charge in [0.2, 0.25) is 15.9 Å². The van der Waals surface area contributed by atoms with Crippen LogP contribution < -0.4 is 19.1 Å². The van der Waals surface area contributed by atoms with Gasteiger partial charge >= 0.3 is 0 Å². The van der Waals surface area contributed by atoms with Crippen LogP contribution in [-0.2, 0) is 14.8 Å². The van der Waals surface area contributed by atoms with Crippen molar-refractivity contribution in [1.82, 2.24) is 5.32 Å². The minimum atomic E-state index is -3.70. The number of hydrogen-bond acceptors (Lipinski definition) is 5. The topological polar surface area (TPSA) is 84.9 Å². The summed E-state index contributed by atoms with van der Waals surface area (Å²) in [6.45, 7) is 6.16. The van der Waals surface area contributed by atoms with Crippen molar-refractivity contribution < 1.29 is 22.7 Å². The van der Waals surface area contributed by atoms with Gasteiger partial charge in [0.1, 0.15) is 17.5 Å². The predicted octanol–water partition coefficient (Wildman–Crippen LogP) is 3.91. The summed E-state index contributed by atoms with van der Waals surface area (Å²) in [6.07, 6.45) is 2.10. The second-order valence-corrected chi connectivity index (χ2v) is 9.01. The highest BCUT2D eigenvalue weighted by molar-refractivity contribution is 7.92. The Balaban J connectivity index is 2.30. The minimum Gasteiger partial charge on any atom is -0.497 e. The van der Waals surface area contributed by atoms with E-state index in [2.05, 4.69) is 5.32 Å². The van der Waals surface area contributed by atoms with E-state index < -0.39 is 16.1 Å². The predicted molar refractivity (Wildman–Crippen MR) is 123 cm³/mol. The summed E-state index contributed by atoms with van der Waals surface area (Å²) in [5.74, 6) is 1.03. The molecule has 0 unspecified atom stereocenters. The maximum absolute atomic E-state index is 13.2. The molecule has 8 heteroatoms. The van der Waals surface area contributed by atoms with E-state index in [1.807, 2.05) is 38.1 Å². The Morgan fingerprint density at radius 3 is 2.00 bits per heavy atom. The van der Waals surface area contributed by atoms with Crippen molar-refractivity contribution in [2.24, 2.45) is 0 Å². The molecule has 0 spiro atoms. The number of methoxy groups -OCH3 is 1. The molecule has 0 heterocycles. The van der Waals surface area contributed by atoms with Gasteiger partial charge < -0.3 is 14.8 Å². The van der Waals surface area contributed by atoms with Crippen LogP contribution in [0.5, 0.6) is 11.5 Å². The summed E-state index contributed by atoms with van der Waals surface area (Å²) in [5.41, 5.74) is 1.35. The molecule has 0 saturated carbocycles. The largest absolute Gasteiger partial charge is 0.497 e. The average molecular weight is 449 g/mol. The molecule has 0 fully saturated rings. The van der Waals surface area contributed by atoms with Gasteiger partial charge in [-0.25, -0.2) is 8.42 Å². The quantitative estimate of drug-likeness (QED) is 0.563. The molecule has 2 aromatic rings. The molecule has 1 N–H and O–H groups in total. The lowest BCUT2D eigenvalue weighted by Gasteiger charge is -2.31. The fraction of sp³-hybridized carbons (Fsp3) is 0.435. The summed E-state index contributed by atoms with van der Waals surface area (Å²) in [5, 5.41) is 3.01. The maximum Gasteiger partial charge on any atom is 0.244 e. The van der Waals surface area contributed by atoms with Crippen molar-refractivity contribution >= 4 is 21.6 Å². The van der Waals surface area contributed by atoms with Gasteiger partial charge in [-0.3, -0.25) is 9.10 Å². The monoisotopic (exact) mass is 448 g/mol. The normalized spacial score (nSPS) is 13.2. The van der Waals surface area contributed by atoms with Crippen molar-refractivity contribution in [3.63, 3.8) is 0 Å². The van der Waals surface area contributed by atoms with Gasteiger partial charge in [0, 0.05) is 0 Å².